The van der Waals surface area contributed by atoms with Gasteiger partial charge in [0.1, 0.15) is 5.69 Å². The van der Waals surface area contributed by atoms with E-state index in [4.69, 9.17) is 5.84 Å². The fourth-order valence-electron chi connectivity index (χ4n) is 1.68. The summed E-state index contributed by atoms with van der Waals surface area (Å²) in [6, 6.07) is -0.00905. The molecule has 1 aliphatic rings. The molecule has 8 heteroatoms. The number of hydrazine groups is 1. The van der Waals surface area contributed by atoms with E-state index in [2.05, 4.69) is 26.0 Å². The summed E-state index contributed by atoms with van der Waals surface area (Å²) >= 11 is 0. The molecule has 5 N–H and O–H groups in total. The summed E-state index contributed by atoms with van der Waals surface area (Å²) in [5.74, 6) is 5.16. The quantitative estimate of drug-likeness (QED) is 0.392. The van der Waals surface area contributed by atoms with E-state index in [1.54, 1.807) is 0 Å². The number of rotatable bonds is 4. The van der Waals surface area contributed by atoms with Crippen molar-refractivity contribution >= 4 is 17.6 Å². The standard InChI is InChI=1S/C10H14N6O2/c11-16-8-5-12-4-7(15-8)10(18)13-3-6-1-2-9(17)14-6/h4-6H,1-3,11H2,(H,13,18)(H,14,17)(H,15,16). The number of carbonyl (C=O) groups excluding carboxylic acids is 2. The lowest BCUT2D eigenvalue weighted by atomic mass is 10.2. The summed E-state index contributed by atoms with van der Waals surface area (Å²) in [4.78, 5) is 30.5. The Bertz CT molecular complexity index is 463. The molecule has 0 aromatic carbocycles. The fraction of sp³-hybridized carbons (Fsp3) is 0.400. The second-order valence-corrected chi connectivity index (χ2v) is 3.95. The van der Waals surface area contributed by atoms with Crippen molar-refractivity contribution in [1.82, 2.24) is 20.6 Å². The highest BCUT2D eigenvalue weighted by Gasteiger charge is 2.21. The van der Waals surface area contributed by atoms with Gasteiger partial charge in [-0.3, -0.25) is 14.6 Å². The van der Waals surface area contributed by atoms with Gasteiger partial charge in [0.25, 0.3) is 5.91 Å². The minimum atomic E-state index is -0.347. The molecule has 2 rings (SSSR count). The Labute approximate surface area is 103 Å². The maximum Gasteiger partial charge on any atom is 0.271 e. The molecular formula is C10H14N6O2. The monoisotopic (exact) mass is 250 g/mol. The van der Waals surface area contributed by atoms with E-state index in [1.165, 1.54) is 12.4 Å². The van der Waals surface area contributed by atoms with Crippen molar-refractivity contribution < 1.29 is 9.59 Å². The maximum atomic E-state index is 11.8. The number of nitrogens with one attached hydrogen (secondary N) is 3. The number of nitrogens with zero attached hydrogens (tertiary/aromatic N) is 2. The van der Waals surface area contributed by atoms with Crippen molar-refractivity contribution in [3.8, 4) is 0 Å². The summed E-state index contributed by atoms with van der Waals surface area (Å²) < 4.78 is 0. The van der Waals surface area contributed by atoms with E-state index in [0.717, 1.165) is 6.42 Å². The Kier molecular flexibility index (Phi) is 3.68. The minimum Gasteiger partial charge on any atom is -0.352 e. The number of nitrogen functional groups attached to an aromatic ring is 1. The molecule has 1 atom stereocenters. The molecule has 0 radical (unpaired) electrons. The van der Waals surface area contributed by atoms with Crippen molar-refractivity contribution in [3.63, 3.8) is 0 Å². The molecule has 0 bridgehead atoms. The van der Waals surface area contributed by atoms with Crippen molar-refractivity contribution in [2.45, 2.75) is 18.9 Å². The maximum absolute atomic E-state index is 11.8. The lowest BCUT2D eigenvalue weighted by molar-refractivity contribution is -0.119. The number of aromatic nitrogens is 2. The van der Waals surface area contributed by atoms with Crippen LogP contribution in [0.1, 0.15) is 23.3 Å². The van der Waals surface area contributed by atoms with Crippen LogP contribution in [0.3, 0.4) is 0 Å². The molecule has 18 heavy (non-hydrogen) atoms. The first-order valence-corrected chi connectivity index (χ1v) is 5.55. The Morgan fingerprint density at radius 3 is 3.06 bits per heavy atom. The number of nitrogens with two attached hydrogens (primary N) is 1. The lowest BCUT2D eigenvalue weighted by Gasteiger charge is -2.11. The second kappa shape index (κ2) is 5.41. The van der Waals surface area contributed by atoms with Crippen LogP contribution in [-0.4, -0.2) is 34.4 Å². The summed E-state index contributed by atoms with van der Waals surface area (Å²) in [7, 11) is 0. The van der Waals surface area contributed by atoms with Crippen LogP contribution in [0.5, 0.6) is 0 Å². The molecule has 1 fully saturated rings. The summed E-state index contributed by atoms with van der Waals surface area (Å²) in [6.45, 7) is 0.381. The molecule has 96 valence electrons. The average molecular weight is 250 g/mol. The number of anilines is 1. The van der Waals surface area contributed by atoms with Gasteiger partial charge in [0.2, 0.25) is 5.91 Å². The normalized spacial score (nSPS) is 18.3. The van der Waals surface area contributed by atoms with Gasteiger partial charge < -0.3 is 16.1 Å². The smallest absolute Gasteiger partial charge is 0.271 e. The van der Waals surface area contributed by atoms with Crippen LogP contribution in [-0.2, 0) is 4.79 Å². The first-order valence-electron chi connectivity index (χ1n) is 5.55. The highest BCUT2D eigenvalue weighted by Crippen LogP contribution is 2.05. The van der Waals surface area contributed by atoms with E-state index in [1.807, 2.05) is 0 Å². The Hall–Kier alpha value is -2.22. The number of hydrogen-bond donors (Lipinski definition) is 4. The highest BCUT2D eigenvalue weighted by atomic mass is 16.2. The molecule has 1 saturated heterocycles. The topological polar surface area (TPSA) is 122 Å². The molecule has 0 saturated carbocycles. The zero-order chi connectivity index (χ0) is 13.0. The first-order chi connectivity index (χ1) is 8.69. The van der Waals surface area contributed by atoms with E-state index < -0.39 is 0 Å². The van der Waals surface area contributed by atoms with E-state index in [0.29, 0.717) is 18.8 Å². The summed E-state index contributed by atoms with van der Waals surface area (Å²) in [5, 5.41) is 5.45. The van der Waals surface area contributed by atoms with Gasteiger partial charge in [-0.2, -0.15) is 0 Å². The van der Waals surface area contributed by atoms with E-state index in [-0.39, 0.29) is 23.6 Å². The lowest BCUT2D eigenvalue weighted by Crippen LogP contribution is -2.38. The van der Waals surface area contributed by atoms with Crippen LogP contribution < -0.4 is 21.9 Å². The molecule has 8 nitrogen and oxygen atoms in total. The summed E-state index contributed by atoms with van der Waals surface area (Å²) in [6.07, 6.45) is 4.00. The van der Waals surface area contributed by atoms with Gasteiger partial charge in [-0.15, -0.1) is 0 Å². The van der Waals surface area contributed by atoms with Gasteiger partial charge in [-0.05, 0) is 6.42 Å². The fourth-order valence-corrected chi connectivity index (χ4v) is 1.68. The van der Waals surface area contributed by atoms with E-state index in [9.17, 15) is 9.59 Å². The first kappa shape index (κ1) is 12.2. The molecule has 2 heterocycles. The SMILES string of the molecule is NNc1cncc(C(=O)NCC2CCC(=O)N2)n1. The van der Waals surface area contributed by atoms with Gasteiger partial charge in [-0.25, -0.2) is 10.8 Å². The van der Waals surface area contributed by atoms with Crippen molar-refractivity contribution in [3.05, 3.63) is 18.1 Å². The van der Waals surface area contributed by atoms with Crippen molar-refractivity contribution in [1.29, 1.82) is 0 Å². The third-order valence-electron chi connectivity index (χ3n) is 2.61. The number of amides is 2. The van der Waals surface area contributed by atoms with Crippen LogP contribution in [0, 0.1) is 0 Å². The molecular weight excluding hydrogens is 236 g/mol. The minimum absolute atomic E-state index is 0.00905. The van der Waals surface area contributed by atoms with Crippen LogP contribution >= 0.6 is 0 Å². The third-order valence-corrected chi connectivity index (χ3v) is 2.61. The van der Waals surface area contributed by atoms with E-state index >= 15 is 0 Å². The van der Waals surface area contributed by atoms with Gasteiger partial charge in [-0.1, -0.05) is 0 Å². The Balaban J connectivity index is 1.89. The number of carbonyl (C=O) groups is 2. The summed E-state index contributed by atoms with van der Waals surface area (Å²) in [5.41, 5.74) is 2.49. The van der Waals surface area contributed by atoms with Gasteiger partial charge in [0.05, 0.1) is 12.4 Å². The largest absolute Gasteiger partial charge is 0.352 e. The van der Waals surface area contributed by atoms with Crippen LogP contribution in [0.4, 0.5) is 5.82 Å². The zero-order valence-electron chi connectivity index (χ0n) is 9.64. The molecule has 0 aliphatic carbocycles. The molecule has 1 aliphatic heterocycles. The predicted octanol–water partition coefficient (Wildman–Crippen LogP) is -1.23. The van der Waals surface area contributed by atoms with Crippen LogP contribution in [0.15, 0.2) is 12.4 Å². The van der Waals surface area contributed by atoms with Crippen LogP contribution in [0.25, 0.3) is 0 Å². The second-order valence-electron chi connectivity index (χ2n) is 3.95. The molecule has 2 amide bonds. The van der Waals surface area contributed by atoms with Crippen molar-refractivity contribution in [2.75, 3.05) is 12.0 Å². The highest BCUT2D eigenvalue weighted by molar-refractivity contribution is 5.92. The Morgan fingerprint density at radius 2 is 2.39 bits per heavy atom. The third kappa shape index (κ3) is 2.92. The number of hydrogen-bond acceptors (Lipinski definition) is 6. The van der Waals surface area contributed by atoms with Gasteiger partial charge in [0.15, 0.2) is 5.82 Å². The Morgan fingerprint density at radius 1 is 1.56 bits per heavy atom. The predicted molar refractivity (Wildman–Crippen MR) is 63.3 cm³/mol. The van der Waals surface area contributed by atoms with Crippen molar-refractivity contribution in [2.24, 2.45) is 5.84 Å². The molecule has 1 aromatic rings. The van der Waals surface area contributed by atoms with Gasteiger partial charge in [0, 0.05) is 19.0 Å². The zero-order valence-corrected chi connectivity index (χ0v) is 9.64. The average Bonchev–Trinajstić information content (AvgIpc) is 2.82. The molecule has 0 spiro atoms. The molecule has 1 aromatic heterocycles. The molecule has 1 unspecified atom stereocenters. The van der Waals surface area contributed by atoms with Gasteiger partial charge >= 0.3 is 0 Å². The van der Waals surface area contributed by atoms with Crippen LogP contribution in [0.2, 0.25) is 0 Å².